The fourth-order valence-electron chi connectivity index (χ4n) is 5.41. The summed E-state index contributed by atoms with van der Waals surface area (Å²) in [5, 5.41) is 0. The smallest absolute Gasteiger partial charge is 0.261 e. The van der Waals surface area contributed by atoms with Gasteiger partial charge < -0.3 is 11.2 Å². The normalized spacial score (nSPS) is 25.2. The van der Waals surface area contributed by atoms with Crippen molar-refractivity contribution in [3.63, 3.8) is 0 Å². The number of hydrogen-bond acceptors (Lipinski definition) is 9. The molecule has 15 heteroatoms. The van der Waals surface area contributed by atoms with Crippen LogP contribution in [0.15, 0.2) is 24.3 Å². The van der Waals surface area contributed by atoms with E-state index in [0.29, 0.717) is 24.0 Å². The van der Waals surface area contributed by atoms with Crippen LogP contribution in [0.1, 0.15) is 73.5 Å². The number of likely N-dealkylation sites (N-methyl/N-ethyl adjacent to an activating group) is 2. The van der Waals surface area contributed by atoms with Crippen molar-refractivity contribution in [2.24, 2.45) is 5.73 Å². The van der Waals surface area contributed by atoms with Crippen LogP contribution < -0.4 is 5.73 Å². The minimum absolute atomic E-state index is 0. The maximum atomic E-state index is 12.7. The van der Waals surface area contributed by atoms with E-state index in [9.17, 15) is 26.4 Å². The maximum absolute atomic E-state index is 12.7. The number of hydrogen-bond donors (Lipinski definition) is 3. The Bertz CT molecular complexity index is 1180. The number of fused-ring (bicyclic) bond motifs is 1. The molecule has 1 aromatic rings. The van der Waals surface area contributed by atoms with E-state index < -0.39 is 26.1 Å². The zero-order valence-corrected chi connectivity index (χ0v) is 24.6. The number of benzene rings is 1. The van der Waals surface area contributed by atoms with Gasteiger partial charge in [-0.05, 0) is 37.8 Å². The number of nitrogens with zero attached hydrogens (tertiary/aromatic N) is 3. The summed E-state index contributed by atoms with van der Waals surface area (Å²) in [6.07, 6.45) is 9.48. The Balaban J connectivity index is 0.000000772. The Morgan fingerprint density at radius 1 is 0.795 bits per heavy atom. The first-order valence-corrected chi connectivity index (χ1v) is 16.3. The van der Waals surface area contributed by atoms with E-state index in [4.69, 9.17) is 16.8 Å². The lowest BCUT2D eigenvalue weighted by molar-refractivity contribution is 0.0462. The molecule has 224 valence electrons. The standard InChI is InChI=1S/C16H20N2O4S.C8H18N2O2S.H2N2.H2O.H2/c1-17(23(2,21)22)13-9-5-6-10-14(13)18-15(19)11-7-3-4-8-12(11)16(18)20;1-10(13(2,11)12)8-6-4-3-5-7(8)9;1-2;;/h3-4,7-8,13-14H,5-6,9-10H2,1-2H3;7-8H,3-6,9H2,1-2H3;1-2H;1H2;1H/t13-,14-;7-,8-;;;/m11.../s1. The monoisotopic (exact) mass is 592 g/mol. The van der Waals surface area contributed by atoms with Crippen LogP contribution in [0.5, 0.6) is 0 Å². The lowest BCUT2D eigenvalue weighted by Gasteiger charge is -2.40. The number of amides is 2. The average Bonchev–Trinajstić information content (AvgIpc) is 3.14. The molecule has 4 rings (SSSR count). The molecule has 2 saturated carbocycles. The molecule has 2 fully saturated rings. The van der Waals surface area contributed by atoms with Crippen molar-refractivity contribution in [1.29, 1.82) is 11.1 Å². The molecular weight excluding hydrogens is 548 g/mol. The van der Waals surface area contributed by atoms with Gasteiger partial charge in [-0.1, -0.05) is 37.8 Å². The molecule has 13 nitrogen and oxygen atoms in total. The molecule has 0 spiro atoms. The maximum Gasteiger partial charge on any atom is 0.261 e. The largest absolute Gasteiger partial charge is 0.412 e. The van der Waals surface area contributed by atoms with E-state index in [1.165, 1.54) is 26.8 Å². The summed E-state index contributed by atoms with van der Waals surface area (Å²) in [6.45, 7) is 0. The molecule has 0 aromatic heterocycles. The molecule has 6 N–H and O–H groups in total. The van der Waals surface area contributed by atoms with Crippen LogP contribution in [-0.4, -0.2) is 98.4 Å². The van der Waals surface area contributed by atoms with E-state index in [2.05, 4.69) is 0 Å². The molecule has 0 radical (unpaired) electrons. The van der Waals surface area contributed by atoms with Crippen molar-refractivity contribution in [2.75, 3.05) is 26.6 Å². The van der Waals surface area contributed by atoms with Crippen molar-refractivity contribution in [3.05, 3.63) is 35.4 Å². The van der Waals surface area contributed by atoms with Crippen molar-refractivity contribution in [2.45, 2.75) is 75.5 Å². The fraction of sp³-hybridized carbons (Fsp3) is 0.667. The topological polar surface area (TPSA) is 217 Å². The zero-order valence-electron chi connectivity index (χ0n) is 23.0. The van der Waals surface area contributed by atoms with E-state index in [-0.39, 0.29) is 36.8 Å². The van der Waals surface area contributed by atoms with Gasteiger partial charge in [-0.25, -0.2) is 36.5 Å². The van der Waals surface area contributed by atoms with Crippen molar-refractivity contribution < 1.29 is 33.3 Å². The van der Waals surface area contributed by atoms with Crippen LogP contribution in [0.3, 0.4) is 0 Å². The molecule has 1 aliphatic heterocycles. The number of nitrogens with one attached hydrogen (secondary N) is 2. The van der Waals surface area contributed by atoms with Crippen LogP contribution in [0.4, 0.5) is 0 Å². The Morgan fingerprint density at radius 3 is 1.62 bits per heavy atom. The molecular formula is C24H44N6O7S2. The fourth-order valence-corrected chi connectivity index (χ4v) is 6.90. The summed E-state index contributed by atoms with van der Waals surface area (Å²) in [6, 6.07) is 6.00. The third kappa shape index (κ3) is 8.11. The number of carbonyl (C=O) groups excluding carboxylic acids is 2. The second kappa shape index (κ2) is 14.4. The molecule has 2 amide bonds. The van der Waals surface area contributed by atoms with Gasteiger partial charge in [0.1, 0.15) is 0 Å². The van der Waals surface area contributed by atoms with E-state index in [1.54, 1.807) is 31.3 Å². The summed E-state index contributed by atoms with van der Waals surface area (Å²) in [5.41, 5.74) is 16.7. The van der Waals surface area contributed by atoms with E-state index in [1.807, 2.05) is 0 Å². The van der Waals surface area contributed by atoms with Gasteiger partial charge in [0.05, 0.1) is 29.7 Å². The molecule has 2 aliphatic carbocycles. The first-order valence-electron chi connectivity index (χ1n) is 12.6. The molecule has 39 heavy (non-hydrogen) atoms. The van der Waals surface area contributed by atoms with Gasteiger partial charge in [0.25, 0.3) is 11.8 Å². The van der Waals surface area contributed by atoms with Crippen molar-refractivity contribution >= 4 is 31.9 Å². The Hall–Kier alpha value is -2.30. The van der Waals surface area contributed by atoms with Gasteiger partial charge >= 0.3 is 0 Å². The van der Waals surface area contributed by atoms with Crippen molar-refractivity contribution in [1.82, 2.24) is 13.5 Å². The number of imide groups is 1. The van der Waals surface area contributed by atoms with E-state index in [0.717, 1.165) is 44.8 Å². The summed E-state index contributed by atoms with van der Waals surface area (Å²) < 4.78 is 49.0. The predicted octanol–water partition coefficient (Wildman–Crippen LogP) is 1.65. The van der Waals surface area contributed by atoms with E-state index >= 15 is 0 Å². The van der Waals surface area contributed by atoms with Crippen LogP contribution in [0.25, 0.3) is 0 Å². The van der Waals surface area contributed by atoms with Crippen LogP contribution in [-0.2, 0) is 20.0 Å². The first-order chi connectivity index (χ1) is 17.7. The molecule has 0 bridgehead atoms. The van der Waals surface area contributed by atoms with Gasteiger partial charge in [0.2, 0.25) is 20.0 Å². The SMILES string of the molecule is CN([C@@H]1CCCC[C@H]1N)S(C)(=O)=O.CN([C@@H]1CCCC[C@H]1N1C(=O)c2ccccc2C1=O)S(C)(=O)=O.N=N.O.[HH]. The number of nitrogens with two attached hydrogens (primary N) is 1. The van der Waals surface area contributed by atoms with Gasteiger partial charge in [-0.2, -0.15) is 0 Å². The Kier molecular flexibility index (Phi) is 12.8. The summed E-state index contributed by atoms with van der Waals surface area (Å²) in [4.78, 5) is 26.6. The van der Waals surface area contributed by atoms with Gasteiger partial charge in [0.15, 0.2) is 0 Å². The molecule has 1 aromatic carbocycles. The molecule has 3 aliphatic rings. The average molecular weight is 593 g/mol. The van der Waals surface area contributed by atoms with Gasteiger partial charge in [0, 0.05) is 33.6 Å². The van der Waals surface area contributed by atoms with Crippen LogP contribution in [0.2, 0.25) is 0 Å². The van der Waals surface area contributed by atoms with Gasteiger partial charge in [-0.15, -0.1) is 0 Å². The number of rotatable bonds is 5. The summed E-state index contributed by atoms with van der Waals surface area (Å²) in [7, 11) is -3.32. The van der Waals surface area contributed by atoms with Crippen molar-refractivity contribution in [3.8, 4) is 0 Å². The highest BCUT2D eigenvalue weighted by atomic mass is 32.2. The lowest BCUT2D eigenvalue weighted by atomic mass is 9.89. The quantitative estimate of drug-likeness (QED) is 0.339. The van der Waals surface area contributed by atoms with Crippen LogP contribution >= 0.6 is 0 Å². The van der Waals surface area contributed by atoms with Crippen LogP contribution in [0, 0.1) is 11.1 Å². The third-order valence-electron chi connectivity index (χ3n) is 7.61. The second-order valence-electron chi connectivity index (χ2n) is 10.0. The molecule has 0 unspecified atom stereocenters. The van der Waals surface area contributed by atoms with Gasteiger partial charge in [-0.3, -0.25) is 14.5 Å². The number of carbonyl (C=O) groups is 2. The summed E-state index contributed by atoms with van der Waals surface area (Å²) in [5.74, 6) is -0.631. The number of sulfonamides is 2. The lowest BCUT2D eigenvalue weighted by Crippen LogP contribution is -2.55. The summed E-state index contributed by atoms with van der Waals surface area (Å²) >= 11 is 0. The Morgan fingerprint density at radius 2 is 1.18 bits per heavy atom. The highest BCUT2D eigenvalue weighted by Gasteiger charge is 2.45. The second-order valence-corrected chi connectivity index (χ2v) is 14.1. The highest BCUT2D eigenvalue weighted by Crippen LogP contribution is 2.33. The zero-order chi connectivity index (χ0) is 28.8. The highest BCUT2D eigenvalue weighted by molar-refractivity contribution is 7.88. The first kappa shape index (κ1) is 34.7. The minimum Gasteiger partial charge on any atom is -0.412 e. The Labute approximate surface area is 232 Å². The molecule has 1 heterocycles. The minimum atomic E-state index is -3.38. The molecule has 0 saturated heterocycles. The predicted molar refractivity (Wildman–Crippen MR) is 150 cm³/mol. The molecule has 4 atom stereocenters. The third-order valence-corrected chi connectivity index (χ3v) is 10.2.